The number of methoxy groups -OCH3 is 1. The van der Waals surface area contributed by atoms with Gasteiger partial charge in [-0.3, -0.25) is 9.69 Å². The second-order valence-electron chi connectivity index (χ2n) is 7.20. The summed E-state index contributed by atoms with van der Waals surface area (Å²) in [5.74, 6) is 0.137. The van der Waals surface area contributed by atoms with Gasteiger partial charge in [0.25, 0.3) is 0 Å². The van der Waals surface area contributed by atoms with Crippen LogP contribution in [-0.2, 0) is 14.6 Å². The molecule has 0 unspecified atom stereocenters. The van der Waals surface area contributed by atoms with Gasteiger partial charge in [0.15, 0.2) is 15.0 Å². The van der Waals surface area contributed by atoms with E-state index in [0.29, 0.717) is 29.0 Å². The van der Waals surface area contributed by atoms with Gasteiger partial charge in [0, 0.05) is 24.5 Å². The number of ether oxygens (including phenoxy) is 1. The third-order valence-corrected chi connectivity index (χ3v) is 7.67. The van der Waals surface area contributed by atoms with Gasteiger partial charge < -0.3 is 9.64 Å². The zero-order valence-electron chi connectivity index (χ0n) is 17.5. The number of thiazole rings is 1. The van der Waals surface area contributed by atoms with Crippen molar-refractivity contribution in [3.05, 3.63) is 47.5 Å². The zero-order valence-corrected chi connectivity index (χ0v) is 19.9. The van der Waals surface area contributed by atoms with E-state index in [1.807, 2.05) is 37.2 Å². The topological polar surface area (TPSA) is 79.8 Å². The van der Waals surface area contributed by atoms with Gasteiger partial charge in [-0.05, 0) is 56.6 Å². The number of hydrogen-bond donors (Lipinski definition) is 0. The fraction of sp³-hybridized carbons (Fsp3) is 0.333. The Morgan fingerprint density at radius 1 is 1.13 bits per heavy atom. The molecule has 0 saturated carbocycles. The van der Waals surface area contributed by atoms with Gasteiger partial charge in [-0.2, -0.15) is 0 Å². The van der Waals surface area contributed by atoms with Crippen LogP contribution < -0.4 is 9.64 Å². The van der Waals surface area contributed by atoms with E-state index in [1.54, 1.807) is 12.0 Å². The first-order chi connectivity index (χ1) is 14.7. The Balaban J connectivity index is 1.81. The molecule has 0 fully saturated rings. The molecule has 0 aliphatic carbocycles. The lowest BCUT2D eigenvalue weighted by Crippen LogP contribution is -2.37. The van der Waals surface area contributed by atoms with Crippen LogP contribution in [0.5, 0.6) is 5.75 Å². The summed E-state index contributed by atoms with van der Waals surface area (Å²) >= 11 is 7.22. The van der Waals surface area contributed by atoms with Crippen LogP contribution in [-0.4, -0.2) is 64.3 Å². The van der Waals surface area contributed by atoms with Gasteiger partial charge in [0.05, 0.1) is 28.0 Å². The molecule has 3 aromatic rings. The van der Waals surface area contributed by atoms with Gasteiger partial charge in [-0.25, -0.2) is 13.4 Å². The molecule has 7 nitrogen and oxygen atoms in total. The monoisotopic (exact) mass is 481 g/mol. The van der Waals surface area contributed by atoms with Crippen LogP contribution in [0.1, 0.15) is 6.42 Å². The number of likely N-dealkylation sites (N-methyl/N-ethyl adjacent to an activating group) is 1. The Morgan fingerprint density at radius 2 is 1.84 bits per heavy atom. The third kappa shape index (κ3) is 5.94. The number of nitrogens with zero attached hydrogens (tertiary/aromatic N) is 3. The van der Waals surface area contributed by atoms with Gasteiger partial charge in [0.2, 0.25) is 5.91 Å². The molecule has 0 aliphatic heterocycles. The fourth-order valence-corrected chi connectivity index (χ4v) is 5.27. The molecule has 0 atom stereocenters. The summed E-state index contributed by atoms with van der Waals surface area (Å²) in [4.78, 5) is 21.3. The number of carbonyl (C=O) groups excluding carboxylic acids is 1. The molecule has 0 radical (unpaired) electrons. The number of halogens is 1. The van der Waals surface area contributed by atoms with Gasteiger partial charge in [0.1, 0.15) is 5.75 Å². The smallest absolute Gasteiger partial charge is 0.229 e. The number of anilines is 1. The van der Waals surface area contributed by atoms with Crippen molar-refractivity contribution in [2.45, 2.75) is 11.3 Å². The van der Waals surface area contributed by atoms with Crippen LogP contribution in [0.25, 0.3) is 10.2 Å². The van der Waals surface area contributed by atoms with E-state index in [2.05, 4.69) is 4.98 Å². The Labute approximate surface area is 191 Å². The molecule has 166 valence electrons. The van der Waals surface area contributed by atoms with Crippen molar-refractivity contribution in [3.63, 3.8) is 0 Å². The average molecular weight is 482 g/mol. The second kappa shape index (κ2) is 9.95. The average Bonchev–Trinajstić information content (AvgIpc) is 3.15. The lowest BCUT2D eigenvalue weighted by atomic mass is 10.3. The Hall–Kier alpha value is -2.20. The van der Waals surface area contributed by atoms with E-state index in [4.69, 9.17) is 16.3 Å². The van der Waals surface area contributed by atoms with Crippen LogP contribution in [0.2, 0.25) is 5.02 Å². The number of benzene rings is 2. The standard InChI is InChI=1S/C21H24ClN3O4S2/c1-24(2)11-12-25(21-23-18-9-6-16(29-3)14-19(18)30-21)20(26)10-13-31(27,28)17-7-4-15(22)5-8-17/h4-9,14H,10-13H2,1-3H3. The molecule has 2 aromatic carbocycles. The van der Waals surface area contributed by atoms with E-state index in [-0.39, 0.29) is 23.0 Å². The lowest BCUT2D eigenvalue weighted by molar-refractivity contribution is -0.118. The SMILES string of the molecule is COc1ccc2nc(N(CCN(C)C)C(=O)CCS(=O)(=O)c3ccc(Cl)cc3)sc2c1. The minimum absolute atomic E-state index is 0.141. The summed E-state index contributed by atoms with van der Waals surface area (Å²) in [6.45, 7) is 1.03. The van der Waals surface area contributed by atoms with E-state index in [0.717, 1.165) is 10.2 Å². The van der Waals surface area contributed by atoms with E-state index in [9.17, 15) is 13.2 Å². The molecule has 1 amide bonds. The highest BCUT2D eigenvalue weighted by Gasteiger charge is 2.23. The molecule has 10 heteroatoms. The first-order valence-electron chi connectivity index (χ1n) is 9.57. The summed E-state index contributed by atoms with van der Waals surface area (Å²) in [7, 11) is 1.82. The molecular weight excluding hydrogens is 458 g/mol. The van der Waals surface area contributed by atoms with Crippen molar-refractivity contribution in [1.82, 2.24) is 9.88 Å². The Bertz CT molecular complexity index is 1160. The quantitative estimate of drug-likeness (QED) is 0.463. The van der Waals surface area contributed by atoms with Gasteiger partial charge >= 0.3 is 0 Å². The third-order valence-electron chi connectivity index (χ3n) is 4.64. The first-order valence-corrected chi connectivity index (χ1v) is 12.4. The molecular formula is C21H24ClN3O4S2. The lowest BCUT2D eigenvalue weighted by Gasteiger charge is -2.22. The van der Waals surface area contributed by atoms with Crippen LogP contribution in [0, 0.1) is 0 Å². The van der Waals surface area contributed by atoms with Crippen molar-refractivity contribution >= 4 is 54.0 Å². The molecule has 0 spiro atoms. The van der Waals surface area contributed by atoms with Crippen LogP contribution in [0.4, 0.5) is 5.13 Å². The minimum Gasteiger partial charge on any atom is -0.497 e. The normalized spacial score (nSPS) is 11.8. The molecule has 0 bridgehead atoms. The maximum absolute atomic E-state index is 13.1. The Kier molecular flexibility index (Phi) is 7.53. The Morgan fingerprint density at radius 3 is 2.48 bits per heavy atom. The number of hydrogen-bond acceptors (Lipinski definition) is 7. The maximum atomic E-state index is 13.1. The zero-order chi connectivity index (χ0) is 22.6. The summed E-state index contributed by atoms with van der Waals surface area (Å²) < 4.78 is 31.4. The van der Waals surface area contributed by atoms with Gasteiger partial charge in [-0.15, -0.1) is 0 Å². The number of amides is 1. The van der Waals surface area contributed by atoms with Crippen molar-refractivity contribution in [3.8, 4) is 5.75 Å². The fourth-order valence-electron chi connectivity index (χ4n) is 2.88. The van der Waals surface area contributed by atoms with Gasteiger partial charge in [-0.1, -0.05) is 22.9 Å². The highest BCUT2D eigenvalue weighted by molar-refractivity contribution is 7.91. The molecule has 0 aliphatic rings. The molecule has 0 N–H and O–H groups in total. The van der Waals surface area contributed by atoms with Crippen LogP contribution >= 0.6 is 22.9 Å². The van der Waals surface area contributed by atoms with Crippen molar-refractivity contribution in [1.29, 1.82) is 0 Å². The summed E-state index contributed by atoms with van der Waals surface area (Å²) in [6.07, 6.45) is -0.141. The molecule has 31 heavy (non-hydrogen) atoms. The largest absolute Gasteiger partial charge is 0.497 e. The van der Waals surface area contributed by atoms with Crippen molar-refractivity contribution in [2.75, 3.05) is 44.9 Å². The predicted molar refractivity (Wildman–Crippen MR) is 125 cm³/mol. The molecule has 1 heterocycles. The van der Waals surface area contributed by atoms with Crippen molar-refractivity contribution < 1.29 is 17.9 Å². The number of carbonyl (C=O) groups is 1. The second-order valence-corrected chi connectivity index (χ2v) is 10.8. The first kappa shape index (κ1) is 23.5. The van der Waals surface area contributed by atoms with E-state index >= 15 is 0 Å². The molecule has 3 rings (SSSR count). The number of aromatic nitrogens is 1. The highest BCUT2D eigenvalue weighted by atomic mass is 35.5. The summed E-state index contributed by atoms with van der Waals surface area (Å²) in [6, 6.07) is 11.5. The number of sulfone groups is 1. The molecule has 1 aromatic heterocycles. The number of fused-ring (bicyclic) bond motifs is 1. The highest BCUT2D eigenvalue weighted by Crippen LogP contribution is 2.32. The van der Waals surface area contributed by atoms with E-state index in [1.165, 1.54) is 35.6 Å². The summed E-state index contributed by atoms with van der Waals surface area (Å²) in [5.41, 5.74) is 0.761. The molecule has 0 saturated heterocycles. The van der Waals surface area contributed by atoms with Crippen molar-refractivity contribution in [2.24, 2.45) is 0 Å². The van der Waals surface area contributed by atoms with E-state index < -0.39 is 9.84 Å². The van der Waals surface area contributed by atoms with Crippen LogP contribution in [0.15, 0.2) is 47.4 Å². The number of rotatable bonds is 9. The summed E-state index contributed by atoms with van der Waals surface area (Å²) in [5, 5.41) is 0.997. The van der Waals surface area contributed by atoms with Crippen LogP contribution in [0.3, 0.4) is 0 Å². The maximum Gasteiger partial charge on any atom is 0.229 e. The predicted octanol–water partition coefficient (Wildman–Crippen LogP) is 3.72. The minimum atomic E-state index is -3.60.